The number of nitrogens with two attached hydrogens (primary N) is 1. The lowest BCUT2D eigenvalue weighted by molar-refractivity contribution is 0.141. The van der Waals surface area contributed by atoms with Crippen LogP contribution in [0.25, 0.3) is 0 Å². The van der Waals surface area contributed by atoms with Crippen LogP contribution in [0.3, 0.4) is 0 Å². The minimum Gasteiger partial charge on any atom is -0.380 e. The van der Waals surface area contributed by atoms with Crippen molar-refractivity contribution in [3.63, 3.8) is 0 Å². The first-order valence-electron chi connectivity index (χ1n) is 6.76. The Labute approximate surface area is 108 Å². The van der Waals surface area contributed by atoms with Crippen molar-refractivity contribution in [2.75, 3.05) is 31.6 Å². The van der Waals surface area contributed by atoms with Crippen LogP contribution in [0.15, 0.2) is 6.33 Å². The molecule has 1 aliphatic rings. The average Bonchev–Trinajstić information content (AvgIpc) is 2.43. The van der Waals surface area contributed by atoms with Gasteiger partial charge < -0.3 is 15.8 Å². The molecule has 1 heterocycles. The molecular formula is C13H22N4O. The number of nitrogens with zero attached hydrogens (tertiary/aromatic N) is 2. The van der Waals surface area contributed by atoms with Gasteiger partial charge in [-0.05, 0) is 32.1 Å². The quantitative estimate of drug-likeness (QED) is 0.710. The minimum absolute atomic E-state index is 0.590. The first-order valence-corrected chi connectivity index (χ1v) is 6.76. The van der Waals surface area contributed by atoms with Crippen LogP contribution in [-0.4, -0.2) is 36.3 Å². The summed E-state index contributed by atoms with van der Waals surface area (Å²) >= 11 is 0. The maximum atomic E-state index is 5.35. The van der Waals surface area contributed by atoms with Crippen LogP contribution in [-0.2, 0) is 17.6 Å². The third kappa shape index (κ3) is 3.65. The van der Waals surface area contributed by atoms with E-state index in [2.05, 4.69) is 15.3 Å². The van der Waals surface area contributed by atoms with Gasteiger partial charge in [-0.3, -0.25) is 0 Å². The second kappa shape index (κ2) is 7.28. The van der Waals surface area contributed by atoms with Crippen molar-refractivity contribution in [3.8, 4) is 0 Å². The van der Waals surface area contributed by atoms with Gasteiger partial charge in [0.15, 0.2) is 0 Å². The fraction of sp³-hybridized carbons (Fsp3) is 0.692. The molecular weight excluding hydrogens is 228 g/mol. The molecule has 0 aromatic carbocycles. The second-order valence-electron chi connectivity index (χ2n) is 4.54. The van der Waals surface area contributed by atoms with Crippen LogP contribution in [0.4, 0.5) is 5.82 Å². The van der Waals surface area contributed by atoms with E-state index in [4.69, 9.17) is 10.5 Å². The summed E-state index contributed by atoms with van der Waals surface area (Å²) in [6.07, 6.45) is 7.32. The van der Waals surface area contributed by atoms with Gasteiger partial charge in [0.1, 0.15) is 12.1 Å². The van der Waals surface area contributed by atoms with Crippen LogP contribution < -0.4 is 11.1 Å². The number of hydrogen-bond donors (Lipinski definition) is 2. The number of ether oxygens (including phenoxy) is 1. The molecule has 5 nitrogen and oxygen atoms in total. The van der Waals surface area contributed by atoms with Gasteiger partial charge in [0.05, 0.1) is 6.61 Å². The van der Waals surface area contributed by atoms with Gasteiger partial charge in [-0.1, -0.05) is 0 Å². The molecule has 0 fully saturated rings. The first-order chi connectivity index (χ1) is 8.92. The molecule has 0 saturated carbocycles. The monoisotopic (exact) mass is 250 g/mol. The van der Waals surface area contributed by atoms with Crippen LogP contribution >= 0.6 is 0 Å². The molecule has 3 N–H and O–H groups in total. The Kier molecular flexibility index (Phi) is 5.36. The van der Waals surface area contributed by atoms with E-state index in [9.17, 15) is 0 Å². The van der Waals surface area contributed by atoms with Crippen LogP contribution in [0.2, 0.25) is 0 Å². The maximum absolute atomic E-state index is 5.35. The molecule has 0 atom stereocenters. The lowest BCUT2D eigenvalue weighted by Gasteiger charge is -2.17. The molecule has 0 unspecified atom stereocenters. The summed E-state index contributed by atoms with van der Waals surface area (Å²) in [6.45, 7) is 2.86. The predicted octanol–water partition coefficient (Wildman–Crippen LogP) is 1.13. The van der Waals surface area contributed by atoms with Gasteiger partial charge in [-0.2, -0.15) is 0 Å². The van der Waals surface area contributed by atoms with Crippen LogP contribution in [0.1, 0.15) is 30.5 Å². The largest absolute Gasteiger partial charge is 0.380 e. The Balaban J connectivity index is 1.79. The summed E-state index contributed by atoms with van der Waals surface area (Å²) in [5.74, 6) is 1.01. The number of anilines is 1. The van der Waals surface area contributed by atoms with Crippen molar-refractivity contribution in [2.24, 2.45) is 5.73 Å². The van der Waals surface area contributed by atoms with E-state index in [1.807, 2.05) is 0 Å². The van der Waals surface area contributed by atoms with E-state index in [1.54, 1.807) is 6.33 Å². The van der Waals surface area contributed by atoms with Crippen molar-refractivity contribution in [1.29, 1.82) is 0 Å². The van der Waals surface area contributed by atoms with Crippen LogP contribution in [0.5, 0.6) is 0 Å². The molecule has 1 aromatic heterocycles. The standard InChI is InChI=1S/C13H22N4O/c14-6-9-18-8-3-7-15-13-11-4-1-2-5-12(11)16-10-17-13/h10H,1-9,14H2,(H,15,16,17). The molecule has 0 amide bonds. The number of nitrogens with one attached hydrogen (secondary N) is 1. The molecule has 1 aliphatic carbocycles. The Morgan fingerprint density at radius 1 is 1.22 bits per heavy atom. The zero-order valence-electron chi connectivity index (χ0n) is 10.8. The van der Waals surface area contributed by atoms with Gasteiger partial charge in [0.25, 0.3) is 0 Å². The molecule has 0 bridgehead atoms. The number of hydrogen-bond acceptors (Lipinski definition) is 5. The topological polar surface area (TPSA) is 73.1 Å². The Morgan fingerprint density at radius 2 is 2.11 bits per heavy atom. The molecule has 0 saturated heterocycles. The highest BCUT2D eigenvalue weighted by atomic mass is 16.5. The highest BCUT2D eigenvalue weighted by molar-refractivity contribution is 5.46. The van der Waals surface area contributed by atoms with Crippen molar-refractivity contribution in [3.05, 3.63) is 17.6 Å². The predicted molar refractivity (Wildman–Crippen MR) is 71.7 cm³/mol. The summed E-state index contributed by atoms with van der Waals surface area (Å²) < 4.78 is 5.34. The number of aromatic nitrogens is 2. The van der Waals surface area contributed by atoms with E-state index in [-0.39, 0.29) is 0 Å². The third-order valence-electron chi connectivity index (χ3n) is 3.15. The van der Waals surface area contributed by atoms with Crippen molar-refractivity contribution >= 4 is 5.82 Å². The highest BCUT2D eigenvalue weighted by Crippen LogP contribution is 2.24. The number of fused-ring (bicyclic) bond motifs is 1. The Morgan fingerprint density at radius 3 is 3.00 bits per heavy atom. The summed E-state index contributed by atoms with van der Waals surface area (Å²) in [6, 6.07) is 0. The smallest absolute Gasteiger partial charge is 0.132 e. The maximum Gasteiger partial charge on any atom is 0.132 e. The average molecular weight is 250 g/mol. The first kappa shape index (κ1) is 13.2. The SMILES string of the molecule is NCCOCCCNc1ncnc2c1CCCC2. The Hall–Kier alpha value is -1.20. The molecule has 0 radical (unpaired) electrons. The van der Waals surface area contributed by atoms with E-state index in [0.717, 1.165) is 38.2 Å². The minimum atomic E-state index is 0.590. The number of rotatable bonds is 7. The van der Waals surface area contributed by atoms with E-state index < -0.39 is 0 Å². The lowest BCUT2D eigenvalue weighted by atomic mass is 9.96. The van der Waals surface area contributed by atoms with Crippen LogP contribution in [0, 0.1) is 0 Å². The van der Waals surface area contributed by atoms with Crippen molar-refractivity contribution in [1.82, 2.24) is 9.97 Å². The molecule has 0 spiro atoms. The molecule has 1 aromatic rings. The summed E-state index contributed by atoms with van der Waals surface area (Å²) in [5, 5.41) is 3.39. The van der Waals surface area contributed by atoms with E-state index >= 15 is 0 Å². The van der Waals surface area contributed by atoms with Crippen molar-refractivity contribution in [2.45, 2.75) is 32.1 Å². The van der Waals surface area contributed by atoms with Gasteiger partial charge in [0, 0.05) is 31.0 Å². The zero-order chi connectivity index (χ0) is 12.6. The summed E-state index contributed by atoms with van der Waals surface area (Å²) in [7, 11) is 0. The summed E-state index contributed by atoms with van der Waals surface area (Å²) in [4.78, 5) is 8.70. The van der Waals surface area contributed by atoms with Gasteiger partial charge in [0.2, 0.25) is 0 Å². The van der Waals surface area contributed by atoms with Gasteiger partial charge in [-0.15, -0.1) is 0 Å². The third-order valence-corrected chi connectivity index (χ3v) is 3.15. The normalized spacial score (nSPS) is 14.3. The number of aryl methyl sites for hydroxylation is 1. The van der Waals surface area contributed by atoms with E-state index in [1.165, 1.54) is 24.1 Å². The molecule has 18 heavy (non-hydrogen) atoms. The highest BCUT2D eigenvalue weighted by Gasteiger charge is 2.14. The zero-order valence-corrected chi connectivity index (χ0v) is 10.8. The molecule has 100 valence electrons. The molecule has 5 heteroatoms. The molecule has 0 aliphatic heterocycles. The van der Waals surface area contributed by atoms with Crippen molar-refractivity contribution < 1.29 is 4.74 Å². The fourth-order valence-corrected chi connectivity index (χ4v) is 2.24. The van der Waals surface area contributed by atoms with Gasteiger partial charge in [-0.25, -0.2) is 9.97 Å². The Bertz CT molecular complexity index is 370. The lowest BCUT2D eigenvalue weighted by Crippen LogP contribution is -2.14. The summed E-state index contributed by atoms with van der Waals surface area (Å²) in [5.41, 5.74) is 7.89. The second-order valence-corrected chi connectivity index (χ2v) is 4.54. The fourth-order valence-electron chi connectivity index (χ4n) is 2.24. The molecule has 2 rings (SSSR count). The van der Waals surface area contributed by atoms with E-state index in [0.29, 0.717) is 13.2 Å². The van der Waals surface area contributed by atoms with Gasteiger partial charge >= 0.3 is 0 Å².